The highest BCUT2D eigenvalue weighted by Crippen LogP contribution is 2.29. The summed E-state index contributed by atoms with van der Waals surface area (Å²) in [7, 11) is 1.63. The number of fused-ring (bicyclic) bond motifs is 1. The van der Waals surface area contributed by atoms with E-state index in [0.29, 0.717) is 5.52 Å². The number of aromatic nitrogens is 3. The van der Waals surface area contributed by atoms with E-state index in [1.807, 2.05) is 35.0 Å². The first-order chi connectivity index (χ1) is 12.2. The quantitative estimate of drug-likeness (QED) is 0.604. The highest BCUT2D eigenvalue weighted by Gasteiger charge is 2.07. The van der Waals surface area contributed by atoms with Gasteiger partial charge in [-0.2, -0.15) is 0 Å². The minimum Gasteiger partial charge on any atom is -0.497 e. The van der Waals surface area contributed by atoms with Crippen molar-refractivity contribution in [1.29, 1.82) is 0 Å². The molecule has 0 unspecified atom stereocenters. The summed E-state index contributed by atoms with van der Waals surface area (Å²) in [4.78, 5) is 8.29. The summed E-state index contributed by atoms with van der Waals surface area (Å²) >= 11 is 0. The summed E-state index contributed by atoms with van der Waals surface area (Å²) in [6.07, 6.45) is 6.96. The number of imidazole rings is 1. The number of halogens is 1. The molecule has 2 heterocycles. The third kappa shape index (κ3) is 3.01. The van der Waals surface area contributed by atoms with Crippen LogP contribution < -0.4 is 10.1 Å². The third-order valence-electron chi connectivity index (χ3n) is 3.91. The Balaban J connectivity index is 1.77. The second-order valence-electron chi connectivity index (χ2n) is 5.53. The summed E-state index contributed by atoms with van der Waals surface area (Å²) in [5, 5.41) is 4.21. The van der Waals surface area contributed by atoms with Gasteiger partial charge in [0.2, 0.25) is 0 Å². The van der Waals surface area contributed by atoms with Gasteiger partial charge in [0.25, 0.3) is 0 Å². The molecule has 0 atom stereocenters. The number of hydrogen-bond acceptors (Lipinski definition) is 4. The molecule has 25 heavy (non-hydrogen) atoms. The Morgan fingerprint density at radius 2 is 2.00 bits per heavy atom. The monoisotopic (exact) mass is 334 g/mol. The van der Waals surface area contributed by atoms with Gasteiger partial charge in [-0.15, -0.1) is 0 Å². The van der Waals surface area contributed by atoms with Crippen molar-refractivity contribution in [2.75, 3.05) is 12.4 Å². The zero-order chi connectivity index (χ0) is 17.2. The van der Waals surface area contributed by atoms with Gasteiger partial charge in [-0.1, -0.05) is 0 Å². The number of anilines is 2. The van der Waals surface area contributed by atoms with E-state index in [1.54, 1.807) is 31.9 Å². The first kappa shape index (κ1) is 15.1. The highest BCUT2D eigenvalue weighted by molar-refractivity contribution is 5.93. The maximum atomic E-state index is 13.4. The van der Waals surface area contributed by atoms with Gasteiger partial charge in [0.15, 0.2) is 0 Å². The molecule has 0 amide bonds. The van der Waals surface area contributed by atoms with Gasteiger partial charge in [0.1, 0.15) is 11.6 Å². The lowest BCUT2D eigenvalue weighted by molar-refractivity contribution is 0.415. The smallest absolute Gasteiger partial charge is 0.125 e. The first-order valence-corrected chi connectivity index (χ1v) is 7.71. The van der Waals surface area contributed by atoms with Gasteiger partial charge in [0, 0.05) is 53.6 Å². The van der Waals surface area contributed by atoms with Crippen molar-refractivity contribution in [2.45, 2.75) is 0 Å². The Labute approximate surface area is 143 Å². The molecule has 0 saturated heterocycles. The third-order valence-corrected chi connectivity index (χ3v) is 3.91. The average Bonchev–Trinajstić information content (AvgIpc) is 3.16. The summed E-state index contributed by atoms with van der Waals surface area (Å²) < 4.78 is 20.7. The largest absolute Gasteiger partial charge is 0.497 e. The first-order valence-electron chi connectivity index (χ1n) is 7.71. The van der Waals surface area contributed by atoms with E-state index in [4.69, 9.17) is 4.74 Å². The van der Waals surface area contributed by atoms with Crippen molar-refractivity contribution < 1.29 is 9.13 Å². The molecule has 0 aliphatic heterocycles. The van der Waals surface area contributed by atoms with Gasteiger partial charge in [0.05, 0.1) is 24.6 Å². The fourth-order valence-electron chi connectivity index (χ4n) is 2.72. The van der Waals surface area contributed by atoms with Crippen LogP contribution in [0.25, 0.3) is 16.6 Å². The summed E-state index contributed by atoms with van der Waals surface area (Å²) in [6, 6.07) is 12.2. The maximum absolute atomic E-state index is 13.4. The topological polar surface area (TPSA) is 52.0 Å². The van der Waals surface area contributed by atoms with Crippen LogP contribution in [0, 0.1) is 5.82 Å². The molecule has 124 valence electrons. The zero-order valence-electron chi connectivity index (χ0n) is 13.5. The number of rotatable bonds is 4. The van der Waals surface area contributed by atoms with Crippen LogP contribution in [0.1, 0.15) is 0 Å². The molecule has 0 saturated carbocycles. The maximum Gasteiger partial charge on any atom is 0.125 e. The number of ether oxygens (including phenoxy) is 1. The van der Waals surface area contributed by atoms with Crippen LogP contribution in [-0.2, 0) is 0 Å². The standard InChI is InChI=1S/C19H15FN4O/c1-25-16-10-14(9-15(11-16)24-7-6-21-12-24)23-18-4-5-22-19-8-13(20)2-3-17(18)19/h2-12H,1H3,(H,22,23). The number of hydrogen-bond donors (Lipinski definition) is 1. The molecule has 5 nitrogen and oxygen atoms in total. The molecule has 4 rings (SSSR count). The van der Waals surface area contributed by atoms with Gasteiger partial charge in [-0.05, 0) is 24.3 Å². The molecule has 4 aromatic rings. The molecule has 0 spiro atoms. The van der Waals surface area contributed by atoms with Crippen molar-refractivity contribution >= 4 is 22.3 Å². The minimum absolute atomic E-state index is 0.305. The zero-order valence-corrected chi connectivity index (χ0v) is 13.5. The van der Waals surface area contributed by atoms with Crippen LogP contribution >= 0.6 is 0 Å². The molecule has 6 heteroatoms. The van der Waals surface area contributed by atoms with Gasteiger partial charge >= 0.3 is 0 Å². The SMILES string of the molecule is COc1cc(Nc2ccnc3cc(F)ccc23)cc(-n2ccnc2)c1. The molecule has 0 bridgehead atoms. The number of benzene rings is 2. The van der Waals surface area contributed by atoms with Crippen LogP contribution in [0.15, 0.2) is 67.4 Å². The van der Waals surface area contributed by atoms with Crippen LogP contribution in [0.4, 0.5) is 15.8 Å². The van der Waals surface area contributed by atoms with Gasteiger partial charge in [-0.3, -0.25) is 4.98 Å². The fourth-order valence-corrected chi connectivity index (χ4v) is 2.72. The van der Waals surface area contributed by atoms with Crippen molar-refractivity contribution in [1.82, 2.24) is 14.5 Å². The molecule has 0 radical (unpaired) electrons. The van der Waals surface area contributed by atoms with E-state index in [9.17, 15) is 4.39 Å². The molecule has 0 aliphatic carbocycles. The van der Waals surface area contributed by atoms with E-state index < -0.39 is 0 Å². The van der Waals surface area contributed by atoms with Gasteiger partial charge < -0.3 is 14.6 Å². The lowest BCUT2D eigenvalue weighted by Crippen LogP contribution is -1.97. The molecule has 2 aromatic carbocycles. The molecule has 0 aliphatic rings. The Morgan fingerprint density at radius 1 is 1.08 bits per heavy atom. The van der Waals surface area contributed by atoms with E-state index in [2.05, 4.69) is 15.3 Å². The Bertz CT molecular complexity index is 1030. The van der Waals surface area contributed by atoms with Crippen LogP contribution in [-0.4, -0.2) is 21.6 Å². The minimum atomic E-state index is -0.305. The molecule has 1 N–H and O–H groups in total. The van der Waals surface area contributed by atoms with Gasteiger partial charge in [-0.25, -0.2) is 9.37 Å². The average molecular weight is 334 g/mol. The van der Waals surface area contributed by atoms with E-state index in [1.165, 1.54) is 12.1 Å². The van der Waals surface area contributed by atoms with Crippen LogP contribution in [0.2, 0.25) is 0 Å². The van der Waals surface area contributed by atoms with Crippen molar-refractivity contribution in [2.24, 2.45) is 0 Å². The highest BCUT2D eigenvalue weighted by atomic mass is 19.1. The summed E-state index contributed by atoms with van der Waals surface area (Å²) in [5.41, 5.74) is 3.21. The van der Waals surface area contributed by atoms with Crippen molar-refractivity contribution in [3.63, 3.8) is 0 Å². The number of pyridine rings is 1. The predicted molar refractivity (Wildman–Crippen MR) is 95.1 cm³/mol. The van der Waals surface area contributed by atoms with E-state index in [-0.39, 0.29) is 5.82 Å². The Morgan fingerprint density at radius 3 is 2.80 bits per heavy atom. The van der Waals surface area contributed by atoms with Crippen molar-refractivity contribution in [3.05, 3.63) is 73.2 Å². The molecular weight excluding hydrogens is 319 g/mol. The lowest BCUT2D eigenvalue weighted by atomic mass is 10.1. The normalized spacial score (nSPS) is 10.8. The number of methoxy groups -OCH3 is 1. The van der Waals surface area contributed by atoms with E-state index in [0.717, 1.165) is 28.2 Å². The second-order valence-corrected chi connectivity index (χ2v) is 5.53. The van der Waals surface area contributed by atoms with Crippen LogP contribution in [0.5, 0.6) is 5.75 Å². The van der Waals surface area contributed by atoms with Crippen LogP contribution in [0.3, 0.4) is 0 Å². The molecule has 2 aromatic heterocycles. The molecular formula is C19H15FN4O. The molecule has 0 fully saturated rings. The van der Waals surface area contributed by atoms with E-state index >= 15 is 0 Å². The summed E-state index contributed by atoms with van der Waals surface area (Å²) in [5.74, 6) is 0.416. The number of nitrogens with one attached hydrogen (secondary N) is 1. The lowest BCUT2D eigenvalue weighted by Gasteiger charge is -2.13. The second kappa shape index (κ2) is 6.24. The Hall–Kier alpha value is -3.41. The fraction of sp³-hybridized carbons (Fsp3) is 0.0526. The van der Waals surface area contributed by atoms with Crippen molar-refractivity contribution in [3.8, 4) is 11.4 Å². The number of nitrogens with zero attached hydrogens (tertiary/aromatic N) is 3. The Kier molecular flexibility index (Phi) is 3.78. The summed E-state index contributed by atoms with van der Waals surface area (Å²) in [6.45, 7) is 0. The predicted octanol–water partition coefficient (Wildman–Crippen LogP) is 4.31.